The summed E-state index contributed by atoms with van der Waals surface area (Å²) in [5, 5.41) is 3.31. The van der Waals surface area contributed by atoms with Gasteiger partial charge in [-0.05, 0) is 50.1 Å². The van der Waals surface area contributed by atoms with Gasteiger partial charge in [0.15, 0.2) is 0 Å². The molecule has 0 radical (unpaired) electrons. The molecule has 150 valence electrons. The van der Waals surface area contributed by atoms with Crippen LogP contribution in [0.5, 0.6) is 0 Å². The predicted octanol–water partition coefficient (Wildman–Crippen LogP) is 3.31. The van der Waals surface area contributed by atoms with Crippen LogP contribution in [0.15, 0.2) is 23.7 Å². The van der Waals surface area contributed by atoms with Crippen LogP contribution in [0, 0.1) is 11.8 Å². The second kappa shape index (κ2) is 8.47. The third kappa shape index (κ3) is 3.85. The zero-order valence-electron chi connectivity index (χ0n) is 16.3. The fourth-order valence-corrected chi connectivity index (χ4v) is 5.10. The molecule has 6 nitrogen and oxygen atoms in total. The Bertz CT molecular complexity index is 836. The highest BCUT2D eigenvalue weighted by atomic mass is 32.1. The molecule has 28 heavy (non-hydrogen) atoms. The fraction of sp³-hybridized carbons (Fsp3) is 0.571. The van der Waals surface area contributed by atoms with Crippen LogP contribution in [0.1, 0.15) is 32.6 Å². The van der Waals surface area contributed by atoms with E-state index in [1.165, 1.54) is 10.1 Å². The van der Waals surface area contributed by atoms with Gasteiger partial charge in [0.05, 0.1) is 12.5 Å². The molecule has 0 spiro atoms. The fourth-order valence-electron chi connectivity index (χ4n) is 4.32. The first kappa shape index (κ1) is 19.2. The molecule has 4 heterocycles. The van der Waals surface area contributed by atoms with Gasteiger partial charge >= 0.3 is 5.97 Å². The van der Waals surface area contributed by atoms with E-state index in [9.17, 15) is 9.59 Å². The molecule has 0 atom stereocenters. The lowest BCUT2D eigenvalue weighted by Crippen LogP contribution is -2.46. The smallest absolute Gasteiger partial charge is 0.309 e. The minimum Gasteiger partial charge on any atom is -0.466 e. The second-order valence-corrected chi connectivity index (χ2v) is 8.53. The van der Waals surface area contributed by atoms with Crippen LogP contribution in [0.2, 0.25) is 0 Å². The molecule has 2 aromatic rings. The average molecular weight is 402 g/mol. The Labute approximate surface area is 169 Å². The molecule has 7 heteroatoms. The number of esters is 1. The van der Waals surface area contributed by atoms with Gasteiger partial charge in [0.1, 0.15) is 5.82 Å². The van der Waals surface area contributed by atoms with E-state index >= 15 is 0 Å². The molecule has 0 unspecified atom stereocenters. The van der Waals surface area contributed by atoms with E-state index in [0.29, 0.717) is 32.5 Å². The molecule has 2 aliphatic heterocycles. The number of ether oxygens (including phenoxy) is 1. The lowest BCUT2D eigenvalue weighted by Gasteiger charge is -2.37. The highest BCUT2D eigenvalue weighted by molar-refractivity contribution is 7.17. The zero-order valence-corrected chi connectivity index (χ0v) is 17.1. The zero-order chi connectivity index (χ0) is 19.5. The number of pyridine rings is 1. The Morgan fingerprint density at radius 1 is 1.11 bits per heavy atom. The lowest BCUT2D eigenvalue weighted by atomic mass is 9.92. The van der Waals surface area contributed by atoms with E-state index in [1.807, 2.05) is 18.0 Å². The van der Waals surface area contributed by atoms with Crippen molar-refractivity contribution >= 4 is 39.1 Å². The summed E-state index contributed by atoms with van der Waals surface area (Å²) in [6, 6.07) is 4.19. The quantitative estimate of drug-likeness (QED) is 0.736. The number of rotatable bonds is 4. The molecule has 2 aromatic heterocycles. The van der Waals surface area contributed by atoms with Crippen molar-refractivity contribution in [2.75, 3.05) is 37.7 Å². The summed E-state index contributed by atoms with van der Waals surface area (Å²) >= 11 is 1.73. The van der Waals surface area contributed by atoms with E-state index < -0.39 is 0 Å². The number of fused-ring (bicyclic) bond motifs is 1. The van der Waals surface area contributed by atoms with Gasteiger partial charge in [-0.3, -0.25) is 9.59 Å². The van der Waals surface area contributed by atoms with Crippen molar-refractivity contribution < 1.29 is 14.3 Å². The van der Waals surface area contributed by atoms with Gasteiger partial charge in [-0.15, -0.1) is 11.3 Å². The van der Waals surface area contributed by atoms with Gasteiger partial charge in [0.2, 0.25) is 5.91 Å². The summed E-state index contributed by atoms with van der Waals surface area (Å²) in [4.78, 5) is 33.7. The maximum absolute atomic E-state index is 12.9. The van der Waals surface area contributed by atoms with Crippen molar-refractivity contribution in [3.05, 3.63) is 23.7 Å². The van der Waals surface area contributed by atoms with Crippen LogP contribution in [0.4, 0.5) is 5.82 Å². The Morgan fingerprint density at radius 3 is 2.54 bits per heavy atom. The number of likely N-dealkylation sites (tertiary alicyclic amines) is 1. The Hall–Kier alpha value is -2.15. The maximum atomic E-state index is 12.9. The van der Waals surface area contributed by atoms with E-state index in [1.54, 1.807) is 11.3 Å². The highest BCUT2D eigenvalue weighted by Gasteiger charge is 2.33. The van der Waals surface area contributed by atoms with Crippen molar-refractivity contribution in [1.82, 2.24) is 9.88 Å². The number of hydrogen-bond acceptors (Lipinski definition) is 6. The summed E-state index contributed by atoms with van der Waals surface area (Å²) in [5.74, 6) is 1.21. The van der Waals surface area contributed by atoms with Crippen LogP contribution in [-0.4, -0.2) is 54.5 Å². The SMILES string of the molecule is CCOC(=O)C1CCN(C(=O)C2CCN(c3nccc4sccc34)CC2)CC1. The standard InChI is InChI=1S/C21H27N3O3S/c1-2-27-21(26)16-6-12-24(13-7-16)20(25)15-4-10-23(11-5-15)19-17-8-14-28-18(17)3-9-22-19/h3,8-9,14-16H,2,4-7,10-13H2,1H3. The van der Waals surface area contributed by atoms with Crippen molar-refractivity contribution in [2.24, 2.45) is 11.8 Å². The average Bonchev–Trinajstić information content (AvgIpc) is 3.23. The van der Waals surface area contributed by atoms with Gasteiger partial charge in [0.25, 0.3) is 0 Å². The molecular formula is C21H27N3O3S. The largest absolute Gasteiger partial charge is 0.466 e. The molecule has 0 aromatic carbocycles. The molecule has 2 aliphatic rings. The minimum absolute atomic E-state index is 0.0528. The summed E-state index contributed by atoms with van der Waals surface area (Å²) in [6.45, 7) is 5.30. The summed E-state index contributed by atoms with van der Waals surface area (Å²) in [5.41, 5.74) is 0. The molecule has 4 rings (SSSR count). The van der Waals surface area contributed by atoms with E-state index in [0.717, 1.165) is 31.7 Å². The van der Waals surface area contributed by atoms with Gasteiger partial charge < -0.3 is 14.5 Å². The van der Waals surface area contributed by atoms with Crippen molar-refractivity contribution in [3.63, 3.8) is 0 Å². The van der Waals surface area contributed by atoms with E-state index in [-0.39, 0.29) is 23.7 Å². The topological polar surface area (TPSA) is 62.7 Å². The lowest BCUT2D eigenvalue weighted by molar-refractivity contribution is -0.151. The highest BCUT2D eigenvalue weighted by Crippen LogP contribution is 2.32. The number of carbonyl (C=O) groups excluding carboxylic acids is 2. The van der Waals surface area contributed by atoms with Crippen LogP contribution in [0.3, 0.4) is 0 Å². The number of carbonyl (C=O) groups is 2. The third-order valence-electron chi connectivity index (χ3n) is 5.93. The van der Waals surface area contributed by atoms with Crippen LogP contribution < -0.4 is 4.90 Å². The van der Waals surface area contributed by atoms with Crippen molar-refractivity contribution in [2.45, 2.75) is 32.6 Å². The van der Waals surface area contributed by atoms with Crippen molar-refractivity contribution in [1.29, 1.82) is 0 Å². The predicted molar refractivity (Wildman–Crippen MR) is 110 cm³/mol. The molecule has 0 saturated carbocycles. The minimum atomic E-state index is -0.113. The number of thiophene rings is 1. The molecular weight excluding hydrogens is 374 g/mol. The first-order valence-corrected chi connectivity index (χ1v) is 11.1. The number of aromatic nitrogens is 1. The summed E-state index contributed by atoms with van der Waals surface area (Å²) in [7, 11) is 0. The second-order valence-electron chi connectivity index (χ2n) is 7.58. The molecule has 0 bridgehead atoms. The van der Waals surface area contributed by atoms with Gasteiger partial charge in [-0.2, -0.15) is 0 Å². The van der Waals surface area contributed by atoms with Gasteiger partial charge in [0, 0.05) is 48.4 Å². The maximum Gasteiger partial charge on any atom is 0.309 e. The van der Waals surface area contributed by atoms with Crippen molar-refractivity contribution in [3.8, 4) is 0 Å². The first-order chi connectivity index (χ1) is 13.7. The summed E-state index contributed by atoms with van der Waals surface area (Å²) in [6.07, 6.45) is 5.03. The Balaban J connectivity index is 1.31. The van der Waals surface area contributed by atoms with Gasteiger partial charge in [-0.1, -0.05) is 0 Å². The molecule has 0 N–H and O–H groups in total. The number of piperidine rings is 2. The monoisotopic (exact) mass is 401 g/mol. The van der Waals surface area contributed by atoms with E-state index in [2.05, 4.69) is 27.4 Å². The Morgan fingerprint density at radius 2 is 1.82 bits per heavy atom. The number of anilines is 1. The normalized spacial score (nSPS) is 19.2. The first-order valence-electron chi connectivity index (χ1n) is 10.2. The van der Waals surface area contributed by atoms with Crippen LogP contribution >= 0.6 is 11.3 Å². The molecule has 2 saturated heterocycles. The number of nitrogens with zero attached hydrogens (tertiary/aromatic N) is 3. The third-order valence-corrected chi connectivity index (χ3v) is 6.81. The van der Waals surface area contributed by atoms with Gasteiger partial charge in [-0.25, -0.2) is 4.98 Å². The summed E-state index contributed by atoms with van der Waals surface area (Å²) < 4.78 is 6.38. The number of hydrogen-bond donors (Lipinski definition) is 0. The molecule has 0 aliphatic carbocycles. The van der Waals surface area contributed by atoms with Crippen LogP contribution in [0.25, 0.3) is 10.1 Å². The van der Waals surface area contributed by atoms with Crippen LogP contribution in [-0.2, 0) is 14.3 Å². The Kier molecular flexibility index (Phi) is 5.80. The molecule has 1 amide bonds. The van der Waals surface area contributed by atoms with E-state index in [4.69, 9.17) is 4.74 Å². The number of amides is 1. The molecule has 2 fully saturated rings.